The van der Waals surface area contributed by atoms with Crippen LogP contribution in [0.3, 0.4) is 0 Å². The summed E-state index contributed by atoms with van der Waals surface area (Å²) in [7, 11) is 0. The zero-order chi connectivity index (χ0) is 19.1. The molecule has 0 radical (unpaired) electrons. The normalized spacial score (nSPS) is 17.2. The van der Waals surface area contributed by atoms with Gasteiger partial charge in [0.15, 0.2) is 0 Å². The Kier molecular flexibility index (Phi) is 6.88. The molecule has 0 bridgehead atoms. The molecular weight excluding hydrogens is 346 g/mol. The first kappa shape index (κ1) is 19.6. The van der Waals surface area contributed by atoms with Gasteiger partial charge in [-0.1, -0.05) is 12.8 Å². The molecule has 1 saturated heterocycles. The van der Waals surface area contributed by atoms with E-state index in [0.29, 0.717) is 30.7 Å². The quantitative estimate of drug-likeness (QED) is 0.370. The first-order chi connectivity index (χ1) is 12.4. The monoisotopic (exact) mass is 367 g/mol. The van der Waals surface area contributed by atoms with Crippen molar-refractivity contribution in [3.8, 4) is 0 Å². The highest BCUT2D eigenvalue weighted by atomic mass is 16.7. The first-order valence-corrected chi connectivity index (χ1v) is 8.61. The molecular formula is C17H21NO8. The summed E-state index contributed by atoms with van der Waals surface area (Å²) < 4.78 is 4.87. The van der Waals surface area contributed by atoms with Crippen LogP contribution in [-0.2, 0) is 33.5 Å². The minimum Gasteiger partial charge on any atom is -0.508 e. The third-order valence-corrected chi connectivity index (χ3v) is 4.03. The van der Waals surface area contributed by atoms with E-state index in [1.165, 1.54) is 0 Å². The summed E-state index contributed by atoms with van der Waals surface area (Å²) in [6, 6.07) is 0. The number of aliphatic hydroxyl groups excluding tert-OH is 1. The van der Waals surface area contributed by atoms with Crippen LogP contribution in [0.2, 0.25) is 0 Å². The van der Waals surface area contributed by atoms with Crippen LogP contribution >= 0.6 is 0 Å². The van der Waals surface area contributed by atoms with E-state index >= 15 is 0 Å². The van der Waals surface area contributed by atoms with Gasteiger partial charge in [0.05, 0.1) is 0 Å². The van der Waals surface area contributed by atoms with Gasteiger partial charge < -0.3 is 14.7 Å². The van der Waals surface area contributed by atoms with Gasteiger partial charge in [-0.15, -0.1) is 5.06 Å². The molecule has 0 aromatic heterocycles. The Hall–Kier alpha value is -2.71. The summed E-state index contributed by atoms with van der Waals surface area (Å²) >= 11 is 0. The summed E-state index contributed by atoms with van der Waals surface area (Å²) in [5, 5.41) is 9.95. The highest BCUT2D eigenvalue weighted by Gasteiger charge is 2.32. The number of aliphatic hydroxyl groups is 1. The minimum absolute atomic E-state index is 0.0580. The van der Waals surface area contributed by atoms with Crippen molar-refractivity contribution in [2.75, 3.05) is 0 Å². The van der Waals surface area contributed by atoms with Crippen molar-refractivity contribution >= 4 is 29.5 Å². The van der Waals surface area contributed by atoms with Crippen LogP contribution in [0.15, 0.2) is 11.5 Å². The largest absolute Gasteiger partial charge is 0.508 e. The molecule has 0 saturated carbocycles. The van der Waals surface area contributed by atoms with Crippen LogP contribution in [0.25, 0.3) is 0 Å². The van der Waals surface area contributed by atoms with E-state index in [-0.39, 0.29) is 55.8 Å². The molecule has 2 aliphatic rings. The molecule has 142 valence electrons. The number of Topliss-reactive ketones (excluding diaryl/α,β-unsaturated/α-hetero) is 1. The van der Waals surface area contributed by atoms with Gasteiger partial charge in [-0.05, 0) is 12.8 Å². The summed E-state index contributed by atoms with van der Waals surface area (Å²) in [6.45, 7) is 0. The maximum atomic E-state index is 11.6. The summed E-state index contributed by atoms with van der Waals surface area (Å²) in [6.07, 6.45) is 2.95. The van der Waals surface area contributed by atoms with Crippen molar-refractivity contribution < 1.29 is 38.7 Å². The van der Waals surface area contributed by atoms with Crippen LogP contribution in [0.1, 0.15) is 64.2 Å². The predicted molar refractivity (Wildman–Crippen MR) is 84.9 cm³/mol. The van der Waals surface area contributed by atoms with E-state index < -0.39 is 23.8 Å². The van der Waals surface area contributed by atoms with Crippen LogP contribution in [0, 0.1) is 0 Å². The van der Waals surface area contributed by atoms with Gasteiger partial charge in [0, 0.05) is 38.5 Å². The lowest BCUT2D eigenvalue weighted by Gasteiger charge is -2.12. The Morgan fingerprint density at radius 2 is 1.42 bits per heavy atom. The molecule has 0 aromatic rings. The molecule has 9 heteroatoms. The number of amides is 2. The molecule has 0 unspecified atom stereocenters. The molecule has 1 aliphatic carbocycles. The molecule has 0 spiro atoms. The lowest BCUT2D eigenvalue weighted by Crippen LogP contribution is -2.31. The lowest BCUT2D eigenvalue weighted by atomic mass is 10.1. The highest BCUT2D eigenvalue weighted by molar-refractivity contribution is 6.01. The van der Waals surface area contributed by atoms with Gasteiger partial charge in [0.25, 0.3) is 11.8 Å². The van der Waals surface area contributed by atoms with Crippen molar-refractivity contribution in [3.05, 3.63) is 11.5 Å². The SMILES string of the molecule is O=C(CCCCCCC(=O)ON1C(=O)CCC1=O)OC1=C(O)CCC1=O. The standard InChI is InChI=1S/C17H21NO8/c19-11-7-8-12(20)17(11)25-15(23)5-3-1-2-4-6-16(24)26-18-13(21)9-10-14(18)22/h19H,1-10H2. The van der Waals surface area contributed by atoms with Crippen LogP contribution < -0.4 is 0 Å². The van der Waals surface area contributed by atoms with E-state index in [1.807, 2.05) is 0 Å². The molecule has 2 amide bonds. The number of allylic oxidation sites excluding steroid dienone is 2. The Balaban J connectivity index is 1.54. The fourth-order valence-electron chi connectivity index (χ4n) is 2.60. The van der Waals surface area contributed by atoms with Gasteiger partial charge in [-0.2, -0.15) is 0 Å². The fourth-order valence-corrected chi connectivity index (χ4v) is 2.60. The number of ketones is 1. The summed E-state index contributed by atoms with van der Waals surface area (Å²) in [4.78, 5) is 61.9. The molecule has 2 rings (SSSR count). The van der Waals surface area contributed by atoms with Crippen molar-refractivity contribution in [3.63, 3.8) is 0 Å². The van der Waals surface area contributed by atoms with Crippen molar-refractivity contribution in [2.45, 2.75) is 64.2 Å². The molecule has 1 aliphatic heterocycles. The van der Waals surface area contributed by atoms with Gasteiger partial charge in [0.1, 0.15) is 5.76 Å². The maximum absolute atomic E-state index is 11.6. The summed E-state index contributed by atoms with van der Waals surface area (Å²) in [5.74, 6) is -3.04. The van der Waals surface area contributed by atoms with Crippen LogP contribution in [0.5, 0.6) is 0 Å². The summed E-state index contributed by atoms with van der Waals surface area (Å²) in [5.41, 5.74) is 0. The number of ether oxygens (including phenoxy) is 1. The second-order valence-electron chi connectivity index (χ2n) is 6.13. The number of nitrogens with zero attached hydrogens (tertiary/aromatic N) is 1. The highest BCUT2D eigenvalue weighted by Crippen LogP contribution is 2.22. The predicted octanol–water partition coefficient (Wildman–Crippen LogP) is 1.61. The molecule has 0 atom stereocenters. The van der Waals surface area contributed by atoms with Gasteiger partial charge >= 0.3 is 11.9 Å². The number of hydrogen-bond acceptors (Lipinski definition) is 8. The molecule has 1 N–H and O–H groups in total. The average Bonchev–Trinajstić information content (AvgIpc) is 3.08. The Bertz CT molecular complexity index is 635. The number of carbonyl (C=O) groups excluding carboxylic acids is 5. The van der Waals surface area contributed by atoms with E-state index in [0.717, 1.165) is 0 Å². The first-order valence-electron chi connectivity index (χ1n) is 8.61. The number of esters is 1. The minimum atomic E-state index is -0.643. The maximum Gasteiger partial charge on any atom is 0.333 e. The number of carbonyl (C=O) groups is 5. The molecule has 0 aromatic carbocycles. The lowest BCUT2D eigenvalue weighted by molar-refractivity contribution is -0.197. The number of imide groups is 1. The molecule has 26 heavy (non-hydrogen) atoms. The third kappa shape index (κ3) is 5.40. The van der Waals surface area contributed by atoms with Crippen LogP contribution in [-0.4, -0.2) is 39.7 Å². The Morgan fingerprint density at radius 3 is 1.96 bits per heavy atom. The second-order valence-corrected chi connectivity index (χ2v) is 6.13. The molecule has 1 fully saturated rings. The third-order valence-electron chi connectivity index (χ3n) is 4.03. The topological polar surface area (TPSA) is 127 Å². The zero-order valence-electron chi connectivity index (χ0n) is 14.3. The van der Waals surface area contributed by atoms with Gasteiger partial charge in [-0.3, -0.25) is 19.2 Å². The van der Waals surface area contributed by atoms with E-state index in [4.69, 9.17) is 9.57 Å². The van der Waals surface area contributed by atoms with Crippen molar-refractivity contribution in [2.24, 2.45) is 0 Å². The van der Waals surface area contributed by atoms with E-state index in [9.17, 15) is 29.1 Å². The van der Waals surface area contributed by atoms with E-state index in [2.05, 4.69) is 0 Å². The van der Waals surface area contributed by atoms with Crippen molar-refractivity contribution in [1.82, 2.24) is 5.06 Å². The van der Waals surface area contributed by atoms with Gasteiger partial charge in [-0.25, -0.2) is 4.79 Å². The Labute approximate surface area is 149 Å². The van der Waals surface area contributed by atoms with Crippen molar-refractivity contribution in [1.29, 1.82) is 0 Å². The molecule has 9 nitrogen and oxygen atoms in total. The van der Waals surface area contributed by atoms with E-state index in [1.54, 1.807) is 0 Å². The average molecular weight is 367 g/mol. The van der Waals surface area contributed by atoms with Gasteiger partial charge in [0.2, 0.25) is 11.5 Å². The fraction of sp³-hybridized carbons (Fsp3) is 0.588. The second kappa shape index (κ2) is 9.12. The number of unbranched alkanes of at least 4 members (excludes halogenated alkanes) is 3. The smallest absolute Gasteiger partial charge is 0.333 e. The zero-order valence-corrected chi connectivity index (χ0v) is 14.3. The number of hydroxylamine groups is 2. The Morgan fingerprint density at radius 1 is 0.846 bits per heavy atom. The van der Waals surface area contributed by atoms with Crippen LogP contribution in [0.4, 0.5) is 0 Å². The number of hydrogen-bond donors (Lipinski definition) is 1. The number of rotatable bonds is 9. The molecule has 1 heterocycles.